The number of carbonyl (C=O) groups is 1. The molecule has 2 aromatic rings. The van der Waals surface area contributed by atoms with Gasteiger partial charge in [-0.2, -0.15) is 0 Å². The van der Waals surface area contributed by atoms with E-state index in [4.69, 9.17) is 0 Å². The van der Waals surface area contributed by atoms with E-state index in [-0.39, 0.29) is 11.7 Å². The number of hydrogen-bond acceptors (Lipinski definition) is 2. The van der Waals surface area contributed by atoms with Crippen molar-refractivity contribution >= 4 is 22.4 Å². The molecule has 0 heterocycles. The first-order chi connectivity index (χ1) is 10.0. The second-order valence-corrected chi connectivity index (χ2v) is 6.59. The minimum Gasteiger partial charge on any atom is -0.325 e. The summed E-state index contributed by atoms with van der Waals surface area (Å²) < 4.78 is 12.0. The number of amides is 1. The van der Waals surface area contributed by atoms with Crippen LogP contribution in [0.4, 0.5) is 5.69 Å². The topological polar surface area (TPSA) is 46.2 Å². The van der Waals surface area contributed by atoms with Gasteiger partial charge >= 0.3 is 0 Å². The Hall–Kier alpha value is -1.94. The molecular weight excluding hydrogens is 282 g/mol. The molecular formula is C17H19NO2S. The largest absolute Gasteiger partial charge is 0.325 e. The van der Waals surface area contributed by atoms with E-state index in [0.717, 1.165) is 22.4 Å². The van der Waals surface area contributed by atoms with Gasteiger partial charge in [-0.15, -0.1) is 0 Å². The van der Waals surface area contributed by atoms with Crippen LogP contribution in [0.1, 0.15) is 16.7 Å². The molecule has 21 heavy (non-hydrogen) atoms. The number of hydrogen-bond donors (Lipinski definition) is 1. The van der Waals surface area contributed by atoms with Crippen LogP contribution in [0.2, 0.25) is 0 Å². The van der Waals surface area contributed by atoms with Gasteiger partial charge in [0.15, 0.2) is 0 Å². The molecule has 1 N–H and O–H groups in total. The fraction of sp³-hybridized carbons (Fsp3) is 0.235. The van der Waals surface area contributed by atoms with E-state index < -0.39 is 10.8 Å². The summed E-state index contributed by atoms with van der Waals surface area (Å²) in [6.07, 6.45) is 0. The molecule has 4 heteroatoms. The highest BCUT2D eigenvalue weighted by Gasteiger charge is 2.09. The third-order valence-electron chi connectivity index (χ3n) is 3.04. The zero-order chi connectivity index (χ0) is 15.2. The van der Waals surface area contributed by atoms with Gasteiger partial charge in [-0.3, -0.25) is 9.00 Å². The molecule has 3 nitrogen and oxygen atoms in total. The first-order valence-electron chi connectivity index (χ1n) is 6.80. The number of benzene rings is 2. The van der Waals surface area contributed by atoms with Gasteiger partial charge in [-0.05, 0) is 31.5 Å². The van der Waals surface area contributed by atoms with Crippen molar-refractivity contribution in [3.63, 3.8) is 0 Å². The van der Waals surface area contributed by atoms with Gasteiger partial charge in [-0.25, -0.2) is 0 Å². The van der Waals surface area contributed by atoms with Gasteiger partial charge < -0.3 is 5.32 Å². The van der Waals surface area contributed by atoms with Crippen LogP contribution < -0.4 is 5.32 Å². The Labute approximate surface area is 127 Å². The zero-order valence-corrected chi connectivity index (χ0v) is 13.1. The van der Waals surface area contributed by atoms with E-state index in [2.05, 4.69) is 5.32 Å². The Balaban J connectivity index is 1.87. The lowest BCUT2D eigenvalue weighted by atomic mass is 10.2. The molecule has 0 saturated heterocycles. The van der Waals surface area contributed by atoms with E-state index in [0.29, 0.717) is 5.75 Å². The molecule has 0 aromatic heterocycles. The van der Waals surface area contributed by atoms with Crippen LogP contribution in [0.25, 0.3) is 0 Å². The predicted octanol–water partition coefficient (Wildman–Crippen LogP) is 3.19. The number of carbonyl (C=O) groups excluding carboxylic acids is 1. The summed E-state index contributed by atoms with van der Waals surface area (Å²) in [6.45, 7) is 3.99. The molecule has 0 aliphatic carbocycles. The predicted molar refractivity (Wildman–Crippen MR) is 87.7 cm³/mol. The molecule has 110 valence electrons. The Morgan fingerprint density at radius 1 is 1.05 bits per heavy atom. The van der Waals surface area contributed by atoms with E-state index >= 15 is 0 Å². The van der Waals surface area contributed by atoms with Crippen LogP contribution in [0.15, 0.2) is 48.5 Å². The first kappa shape index (κ1) is 15.4. The SMILES string of the molecule is Cc1ccc(NC(=O)C[S@](=O)Cc2cccc(C)c2)cc1. The van der Waals surface area contributed by atoms with Gasteiger partial charge in [0.25, 0.3) is 0 Å². The molecule has 2 aromatic carbocycles. The molecule has 1 amide bonds. The molecule has 1 atom stereocenters. The van der Waals surface area contributed by atoms with Crippen molar-refractivity contribution in [2.24, 2.45) is 0 Å². The van der Waals surface area contributed by atoms with Crippen molar-refractivity contribution in [2.75, 3.05) is 11.1 Å². The Kier molecular flexibility index (Phi) is 5.28. The summed E-state index contributed by atoms with van der Waals surface area (Å²) in [5.74, 6) is 0.204. The molecule has 0 saturated carbocycles. The summed E-state index contributed by atoms with van der Waals surface area (Å²) in [5.41, 5.74) is 4.00. The summed E-state index contributed by atoms with van der Waals surface area (Å²) in [7, 11) is -1.20. The molecule has 0 aliphatic rings. The molecule has 0 unspecified atom stereocenters. The maximum atomic E-state index is 12.0. The van der Waals surface area contributed by atoms with Crippen molar-refractivity contribution in [3.05, 3.63) is 65.2 Å². The average Bonchev–Trinajstić information content (AvgIpc) is 2.41. The summed E-state index contributed by atoms with van der Waals surface area (Å²) >= 11 is 0. The van der Waals surface area contributed by atoms with Gasteiger partial charge in [0.05, 0.1) is 0 Å². The summed E-state index contributed by atoms with van der Waals surface area (Å²) in [6, 6.07) is 15.4. The Morgan fingerprint density at radius 3 is 2.43 bits per heavy atom. The molecule has 0 bridgehead atoms. The maximum absolute atomic E-state index is 12.0. The average molecular weight is 301 g/mol. The molecule has 0 aliphatic heterocycles. The Bertz CT molecular complexity index is 650. The van der Waals surface area contributed by atoms with Gasteiger partial charge in [0, 0.05) is 22.2 Å². The molecule has 0 spiro atoms. The summed E-state index contributed by atoms with van der Waals surface area (Å²) in [5, 5.41) is 2.77. The minimum absolute atomic E-state index is 0.0157. The Morgan fingerprint density at radius 2 is 1.76 bits per heavy atom. The number of rotatable bonds is 5. The lowest BCUT2D eigenvalue weighted by Crippen LogP contribution is -2.20. The van der Waals surface area contributed by atoms with Crippen LogP contribution in [0.5, 0.6) is 0 Å². The highest BCUT2D eigenvalue weighted by atomic mass is 32.2. The maximum Gasteiger partial charge on any atom is 0.237 e. The summed E-state index contributed by atoms with van der Waals surface area (Å²) in [4.78, 5) is 11.9. The second-order valence-electron chi connectivity index (χ2n) is 5.13. The lowest BCUT2D eigenvalue weighted by Gasteiger charge is -2.06. The number of aryl methyl sites for hydroxylation is 2. The first-order valence-corrected chi connectivity index (χ1v) is 8.29. The van der Waals surface area contributed by atoms with E-state index in [1.54, 1.807) is 0 Å². The highest BCUT2D eigenvalue weighted by Crippen LogP contribution is 2.10. The third kappa shape index (κ3) is 5.16. The van der Waals surface area contributed by atoms with E-state index in [1.165, 1.54) is 0 Å². The third-order valence-corrected chi connectivity index (χ3v) is 4.28. The van der Waals surface area contributed by atoms with Crippen molar-refractivity contribution in [2.45, 2.75) is 19.6 Å². The van der Waals surface area contributed by atoms with E-state index in [1.807, 2.05) is 62.4 Å². The van der Waals surface area contributed by atoms with Crippen molar-refractivity contribution in [1.82, 2.24) is 0 Å². The quantitative estimate of drug-likeness (QED) is 0.922. The van der Waals surface area contributed by atoms with Crippen LogP contribution >= 0.6 is 0 Å². The normalized spacial score (nSPS) is 11.9. The monoisotopic (exact) mass is 301 g/mol. The van der Waals surface area contributed by atoms with Crippen LogP contribution in [-0.4, -0.2) is 15.9 Å². The standard InChI is InChI=1S/C17H19NO2S/c1-13-6-8-16(9-7-13)18-17(19)12-21(20)11-15-5-3-4-14(2)10-15/h3-10H,11-12H2,1-2H3,(H,18,19)/t21-/m1/s1. The van der Waals surface area contributed by atoms with Crippen molar-refractivity contribution < 1.29 is 9.00 Å². The number of nitrogens with one attached hydrogen (secondary N) is 1. The van der Waals surface area contributed by atoms with Gasteiger partial charge in [0.1, 0.15) is 5.75 Å². The smallest absolute Gasteiger partial charge is 0.237 e. The highest BCUT2D eigenvalue weighted by molar-refractivity contribution is 7.84. The van der Waals surface area contributed by atoms with Crippen molar-refractivity contribution in [3.8, 4) is 0 Å². The van der Waals surface area contributed by atoms with E-state index in [9.17, 15) is 9.00 Å². The number of anilines is 1. The van der Waals surface area contributed by atoms with Crippen molar-refractivity contribution in [1.29, 1.82) is 0 Å². The fourth-order valence-electron chi connectivity index (χ4n) is 2.02. The minimum atomic E-state index is -1.20. The van der Waals surface area contributed by atoms with Gasteiger partial charge in [0.2, 0.25) is 5.91 Å². The fourth-order valence-corrected chi connectivity index (χ4v) is 3.04. The molecule has 0 radical (unpaired) electrons. The second kappa shape index (κ2) is 7.18. The van der Waals surface area contributed by atoms with Crippen LogP contribution in [-0.2, 0) is 21.3 Å². The zero-order valence-electron chi connectivity index (χ0n) is 12.3. The molecule has 2 rings (SSSR count). The van der Waals surface area contributed by atoms with Crippen LogP contribution in [0.3, 0.4) is 0 Å². The van der Waals surface area contributed by atoms with Crippen LogP contribution in [0, 0.1) is 13.8 Å². The molecule has 0 fully saturated rings. The van der Waals surface area contributed by atoms with Gasteiger partial charge in [-0.1, -0.05) is 47.5 Å². The lowest BCUT2D eigenvalue weighted by molar-refractivity contribution is -0.113.